The Morgan fingerprint density at radius 1 is 1.08 bits per heavy atom. The number of hydrogen-bond acceptors (Lipinski definition) is 2. The first-order valence-electron chi connectivity index (χ1n) is 9.05. The van der Waals surface area contributed by atoms with E-state index in [1.165, 1.54) is 11.1 Å². The zero-order valence-corrected chi connectivity index (χ0v) is 17.5. The van der Waals surface area contributed by atoms with Crippen LogP contribution in [0.15, 0.2) is 59.6 Å². The van der Waals surface area contributed by atoms with E-state index in [1.807, 2.05) is 30.3 Å². The second-order valence-corrected chi connectivity index (χ2v) is 6.78. The molecule has 26 heavy (non-hydrogen) atoms. The summed E-state index contributed by atoms with van der Waals surface area (Å²) in [5.41, 5.74) is 3.44. The number of anilines is 1. The van der Waals surface area contributed by atoms with Crippen LogP contribution in [0.1, 0.15) is 30.4 Å². The SMILES string of the molecule is Cc1ccc(CN=C(NCC2CCCC2O)Nc2ccccc2)cc1.I. The van der Waals surface area contributed by atoms with Gasteiger partial charge >= 0.3 is 0 Å². The summed E-state index contributed by atoms with van der Waals surface area (Å²) < 4.78 is 0. The van der Waals surface area contributed by atoms with Crippen molar-refractivity contribution in [1.29, 1.82) is 0 Å². The van der Waals surface area contributed by atoms with Crippen LogP contribution in [0.5, 0.6) is 0 Å². The molecule has 0 spiro atoms. The average molecular weight is 465 g/mol. The van der Waals surface area contributed by atoms with E-state index in [4.69, 9.17) is 4.99 Å². The molecule has 0 aromatic heterocycles. The van der Waals surface area contributed by atoms with Crippen molar-refractivity contribution in [3.05, 3.63) is 65.7 Å². The van der Waals surface area contributed by atoms with E-state index in [-0.39, 0.29) is 30.1 Å². The topological polar surface area (TPSA) is 56.7 Å². The minimum atomic E-state index is -0.192. The van der Waals surface area contributed by atoms with Gasteiger partial charge in [0.05, 0.1) is 12.6 Å². The molecule has 4 nitrogen and oxygen atoms in total. The molecule has 1 aliphatic rings. The molecule has 3 rings (SSSR count). The quantitative estimate of drug-likeness (QED) is 0.350. The summed E-state index contributed by atoms with van der Waals surface area (Å²) in [6.45, 7) is 3.45. The highest BCUT2D eigenvalue weighted by molar-refractivity contribution is 14.0. The fraction of sp³-hybridized carbons (Fsp3) is 0.381. The molecule has 1 fully saturated rings. The summed E-state index contributed by atoms with van der Waals surface area (Å²) in [6, 6.07) is 18.5. The van der Waals surface area contributed by atoms with E-state index in [1.54, 1.807) is 0 Å². The lowest BCUT2D eigenvalue weighted by Crippen LogP contribution is -2.36. The van der Waals surface area contributed by atoms with Crippen LogP contribution in [0.25, 0.3) is 0 Å². The number of aliphatic hydroxyl groups is 1. The molecule has 5 heteroatoms. The maximum Gasteiger partial charge on any atom is 0.196 e. The normalized spacial score (nSPS) is 19.7. The molecule has 2 aromatic rings. The number of guanidine groups is 1. The van der Waals surface area contributed by atoms with Crippen molar-refractivity contribution >= 4 is 35.6 Å². The van der Waals surface area contributed by atoms with Gasteiger partial charge in [0.25, 0.3) is 0 Å². The first-order chi connectivity index (χ1) is 12.2. The Kier molecular flexibility index (Phi) is 8.38. The van der Waals surface area contributed by atoms with E-state index in [0.717, 1.165) is 37.5 Å². The lowest BCUT2D eigenvalue weighted by atomic mass is 10.1. The Morgan fingerprint density at radius 2 is 1.81 bits per heavy atom. The van der Waals surface area contributed by atoms with Gasteiger partial charge in [0.15, 0.2) is 5.96 Å². The number of rotatable bonds is 5. The van der Waals surface area contributed by atoms with Crippen LogP contribution >= 0.6 is 24.0 Å². The molecule has 1 aliphatic carbocycles. The van der Waals surface area contributed by atoms with Gasteiger partial charge in [-0.3, -0.25) is 0 Å². The summed E-state index contributed by atoms with van der Waals surface area (Å²) in [5, 5.41) is 16.8. The lowest BCUT2D eigenvalue weighted by molar-refractivity contribution is 0.134. The Labute approximate surface area is 173 Å². The van der Waals surface area contributed by atoms with Crippen molar-refractivity contribution in [1.82, 2.24) is 5.32 Å². The van der Waals surface area contributed by atoms with Crippen LogP contribution < -0.4 is 10.6 Å². The summed E-state index contributed by atoms with van der Waals surface area (Å²) in [6.07, 6.45) is 2.90. The molecule has 2 atom stereocenters. The average Bonchev–Trinajstić information content (AvgIpc) is 3.04. The van der Waals surface area contributed by atoms with Gasteiger partial charge in [0.2, 0.25) is 0 Å². The monoisotopic (exact) mass is 465 g/mol. The summed E-state index contributed by atoms with van der Waals surface area (Å²) in [7, 11) is 0. The Morgan fingerprint density at radius 3 is 2.46 bits per heavy atom. The highest BCUT2D eigenvalue weighted by Crippen LogP contribution is 2.24. The maximum atomic E-state index is 10.0. The number of halogens is 1. The molecular weight excluding hydrogens is 437 g/mol. The number of aliphatic hydroxyl groups excluding tert-OH is 1. The number of benzene rings is 2. The van der Waals surface area contributed by atoms with Gasteiger partial charge in [-0.2, -0.15) is 0 Å². The fourth-order valence-corrected chi connectivity index (χ4v) is 3.14. The van der Waals surface area contributed by atoms with Gasteiger partial charge in [-0.15, -0.1) is 24.0 Å². The molecule has 0 amide bonds. The predicted octanol–water partition coefficient (Wildman–Crippen LogP) is 4.33. The van der Waals surface area contributed by atoms with Gasteiger partial charge in [-0.05, 0) is 37.5 Å². The molecule has 0 aliphatic heterocycles. The molecule has 0 heterocycles. The molecule has 2 aromatic carbocycles. The van der Waals surface area contributed by atoms with Crippen LogP contribution in [-0.2, 0) is 6.54 Å². The van der Waals surface area contributed by atoms with Crippen LogP contribution in [0.4, 0.5) is 5.69 Å². The fourth-order valence-electron chi connectivity index (χ4n) is 3.14. The van der Waals surface area contributed by atoms with Crippen LogP contribution in [-0.4, -0.2) is 23.7 Å². The number of hydrogen-bond donors (Lipinski definition) is 3. The van der Waals surface area contributed by atoms with Gasteiger partial charge < -0.3 is 15.7 Å². The van der Waals surface area contributed by atoms with Crippen molar-refractivity contribution < 1.29 is 5.11 Å². The van der Waals surface area contributed by atoms with Crippen molar-refractivity contribution in [2.45, 2.75) is 38.8 Å². The third kappa shape index (κ3) is 6.29. The van der Waals surface area contributed by atoms with E-state index in [2.05, 4.69) is 41.8 Å². The van der Waals surface area contributed by atoms with Crippen LogP contribution in [0.2, 0.25) is 0 Å². The maximum absolute atomic E-state index is 10.0. The number of aryl methyl sites for hydroxylation is 1. The molecule has 140 valence electrons. The van der Waals surface area contributed by atoms with Crippen molar-refractivity contribution in [3.63, 3.8) is 0 Å². The second-order valence-electron chi connectivity index (χ2n) is 6.78. The Hall–Kier alpha value is -1.60. The van der Waals surface area contributed by atoms with E-state index in [0.29, 0.717) is 12.5 Å². The summed E-state index contributed by atoms with van der Waals surface area (Å²) >= 11 is 0. The van der Waals surface area contributed by atoms with Gasteiger partial charge in [-0.25, -0.2) is 4.99 Å². The van der Waals surface area contributed by atoms with E-state index in [9.17, 15) is 5.11 Å². The highest BCUT2D eigenvalue weighted by atomic mass is 127. The molecule has 0 bridgehead atoms. The number of nitrogens with zero attached hydrogens (tertiary/aromatic N) is 1. The summed E-state index contributed by atoms with van der Waals surface area (Å²) in [5.74, 6) is 1.06. The molecule has 1 saturated carbocycles. The second kappa shape index (κ2) is 10.5. The minimum absolute atomic E-state index is 0. The van der Waals surface area contributed by atoms with Crippen LogP contribution in [0, 0.1) is 12.8 Å². The number of para-hydroxylation sites is 1. The highest BCUT2D eigenvalue weighted by Gasteiger charge is 2.25. The molecule has 3 N–H and O–H groups in total. The lowest BCUT2D eigenvalue weighted by Gasteiger charge is -2.18. The Bertz CT molecular complexity index is 688. The van der Waals surface area contributed by atoms with Crippen LogP contribution in [0.3, 0.4) is 0 Å². The predicted molar refractivity (Wildman–Crippen MR) is 119 cm³/mol. The molecule has 0 radical (unpaired) electrons. The molecule has 0 saturated heterocycles. The van der Waals surface area contributed by atoms with Crippen molar-refractivity contribution in [3.8, 4) is 0 Å². The molecular formula is C21H28IN3O. The van der Waals surface area contributed by atoms with Gasteiger partial charge in [0.1, 0.15) is 0 Å². The summed E-state index contributed by atoms with van der Waals surface area (Å²) in [4.78, 5) is 4.72. The number of aliphatic imine (C=N–C) groups is 1. The van der Waals surface area contributed by atoms with Gasteiger partial charge in [-0.1, -0.05) is 54.4 Å². The smallest absolute Gasteiger partial charge is 0.196 e. The third-order valence-electron chi connectivity index (χ3n) is 4.73. The van der Waals surface area contributed by atoms with Crippen molar-refractivity contribution in [2.75, 3.05) is 11.9 Å². The zero-order chi connectivity index (χ0) is 17.5. The first kappa shape index (κ1) is 20.7. The standard InChI is InChI=1S/C21H27N3O.HI/c1-16-10-12-17(13-11-16)14-22-21(24-19-7-3-2-4-8-19)23-15-18-6-5-9-20(18)25;/h2-4,7-8,10-13,18,20,25H,5-6,9,14-15H2,1H3,(H2,22,23,24);1H. The largest absolute Gasteiger partial charge is 0.393 e. The van der Waals surface area contributed by atoms with E-state index < -0.39 is 0 Å². The third-order valence-corrected chi connectivity index (χ3v) is 4.73. The molecule has 2 unspecified atom stereocenters. The number of nitrogens with one attached hydrogen (secondary N) is 2. The van der Waals surface area contributed by atoms with Crippen molar-refractivity contribution in [2.24, 2.45) is 10.9 Å². The van der Waals surface area contributed by atoms with E-state index >= 15 is 0 Å². The van der Waals surface area contributed by atoms with Gasteiger partial charge in [0, 0.05) is 18.2 Å². The Balaban J connectivity index is 0.00000243. The zero-order valence-electron chi connectivity index (χ0n) is 15.2. The first-order valence-corrected chi connectivity index (χ1v) is 9.05. The minimum Gasteiger partial charge on any atom is -0.393 e.